The van der Waals surface area contributed by atoms with E-state index in [0.717, 1.165) is 24.0 Å². The van der Waals surface area contributed by atoms with Crippen molar-refractivity contribution in [3.8, 4) is 0 Å². The Kier molecular flexibility index (Phi) is 4.77. The molecule has 0 aliphatic heterocycles. The van der Waals surface area contributed by atoms with Gasteiger partial charge in [0.1, 0.15) is 0 Å². The summed E-state index contributed by atoms with van der Waals surface area (Å²) in [7, 11) is 0. The fraction of sp³-hybridized carbons (Fsp3) is 0.500. The molecule has 2 rings (SSSR count). The van der Waals surface area contributed by atoms with Crippen molar-refractivity contribution in [3.05, 3.63) is 34.9 Å². The highest BCUT2D eigenvalue weighted by Crippen LogP contribution is 2.17. The first-order valence-corrected chi connectivity index (χ1v) is 7.21. The first-order chi connectivity index (χ1) is 9.56. The van der Waals surface area contributed by atoms with E-state index in [9.17, 15) is 9.59 Å². The fourth-order valence-corrected chi connectivity index (χ4v) is 2.49. The quantitative estimate of drug-likeness (QED) is 0.883. The standard InChI is InChI=1S/C16H22N2O2/c1-11-7-8-13(9-12(11)2)16(20)17-10-15(19)18-14-5-3-4-6-14/h7-9,14H,3-6,10H2,1-2H3,(H,17,20)(H,18,19). The van der Waals surface area contributed by atoms with E-state index >= 15 is 0 Å². The second-order valence-corrected chi connectivity index (χ2v) is 5.53. The molecule has 1 aliphatic carbocycles. The van der Waals surface area contributed by atoms with Crippen LogP contribution in [0.15, 0.2) is 18.2 Å². The number of nitrogens with one attached hydrogen (secondary N) is 2. The molecule has 4 nitrogen and oxygen atoms in total. The summed E-state index contributed by atoms with van der Waals surface area (Å²) in [5, 5.41) is 5.62. The monoisotopic (exact) mass is 274 g/mol. The van der Waals surface area contributed by atoms with Gasteiger partial charge in [0.15, 0.2) is 0 Å². The topological polar surface area (TPSA) is 58.2 Å². The summed E-state index contributed by atoms with van der Waals surface area (Å²) in [4.78, 5) is 23.7. The van der Waals surface area contributed by atoms with Crippen LogP contribution in [0.4, 0.5) is 0 Å². The van der Waals surface area contributed by atoms with Gasteiger partial charge in [0.05, 0.1) is 6.54 Å². The van der Waals surface area contributed by atoms with Crippen LogP contribution in [0.1, 0.15) is 47.2 Å². The van der Waals surface area contributed by atoms with E-state index in [4.69, 9.17) is 0 Å². The van der Waals surface area contributed by atoms with Crippen molar-refractivity contribution in [1.82, 2.24) is 10.6 Å². The van der Waals surface area contributed by atoms with Gasteiger partial charge in [-0.25, -0.2) is 0 Å². The van der Waals surface area contributed by atoms with Crippen LogP contribution in [-0.4, -0.2) is 24.4 Å². The molecule has 0 radical (unpaired) electrons. The Bertz CT molecular complexity index is 505. The van der Waals surface area contributed by atoms with Crippen molar-refractivity contribution in [2.75, 3.05) is 6.54 Å². The SMILES string of the molecule is Cc1ccc(C(=O)NCC(=O)NC2CCCC2)cc1C. The average Bonchev–Trinajstić information content (AvgIpc) is 2.92. The number of aryl methyl sites for hydroxylation is 2. The molecule has 4 heteroatoms. The average molecular weight is 274 g/mol. The normalized spacial score (nSPS) is 15.1. The van der Waals surface area contributed by atoms with Gasteiger partial charge in [-0.05, 0) is 49.9 Å². The highest BCUT2D eigenvalue weighted by molar-refractivity contribution is 5.96. The molecule has 0 bridgehead atoms. The number of hydrogen-bond acceptors (Lipinski definition) is 2. The van der Waals surface area contributed by atoms with E-state index in [1.54, 1.807) is 6.07 Å². The summed E-state index contributed by atoms with van der Waals surface area (Å²) in [6, 6.07) is 5.84. The second kappa shape index (κ2) is 6.55. The van der Waals surface area contributed by atoms with Gasteiger partial charge in [0.25, 0.3) is 5.91 Å². The molecule has 0 atom stereocenters. The van der Waals surface area contributed by atoms with Gasteiger partial charge in [-0.2, -0.15) is 0 Å². The smallest absolute Gasteiger partial charge is 0.251 e. The number of amides is 2. The fourth-order valence-electron chi connectivity index (χ4n) is 2.49. The van der Waals surface area contributed by atoms with E-state index < -0.39 is 0 Å². The highest BCUT2D eigenvalue weighted by Gasteiger charge is 2.17. The van der Waals surface area contributed by atoms with Gasteiger partial charge in [-0.3, -0.25) is 9.59 Å². The van der Waals surface area contributed by atoms with Gasteiger partial charge in [0.2, 0.25) is 5.91 Å². The molecule has 20 heavy (non-hydrogen) atoms. The Morgan fingerprint density at radius 2 is 1.85 bits per heavy atom. The summed E-state index contributed by atoms with van der Waals surface area (Å²) in [5.41, 5.74) is 2.83. The zero-order valence-corrected chi connectivity index (χ0v) is 12.2. The zero-order chi connectivity index (χ0) is 14.5. The van der Waals surface area contributed by atoms with Crippen molar-refractivity contribution in [2.24, 2.45) is 0 Å². The number of benzene rings is 1. The minimum Gasteiger partial charge on any atom is -0.352 e. The maximum absolute atomic E-state index is 12.0. The summed E-state index contributed by atoms with van der Waals surface area (Å²) in [5.74, 6) is -0.302. The van der Waals surface area contributed by atoms with E-state index in [1.165, 1.54) is 12.8 Å². The van der Waals surface area contributed by atoms with Gasteiger partial charge < -0.3 is 10.6 Å². The molecule has 1 aliphatic rings. The van der Waals surface area contributed by atoms with E-state index in [1.807, 2.05) is 26.0 Å². The van der Waals surface area contributed by atoms with E-state index in [-0.39, 0.29) is 18.4 Å². The van der Waals surface area contributed by atoms with Crippen molar-refractivity contribution in [2.45, 2.75) is 45.6 Å². The van der Waals surface area contributed by atoms with Crippen molar-refractivity contribution >= 4 is 11.8 Å². The Labute approximate surface area is 119 Å². The molecule has 1 aromatic rings. The van der Waals surface area contributed by atoms with E-state index in [0.29, 0.717) is 11.6 Å². The van der Waals surface area contributed by atoms with Gasteiger partial charge in [0, 0.05) is 11.6 Å². The van der Waals surface area contributed by atoms with Crippen molar-refractivity contribution in [1.29, 1.82) is 0 Å². The summed E-state index contributed by atoms with van der Waals surface area (Å²) in [6.07, 6.45) is 4.47. The third-order valence-electron chi connectivity index (χ3n) is 3.90. The molecule has 0 heterocycles. The lowest BCUT2D eigenvalue weighted by Gasteiger charge is -2.12. The molecule has 0 spiro atoms. The Balaban J connectivity index is 1.81. The summed E-state index contributed by atoms with van der Waals surface area (Å²) in [6.45, 7) is 4.02. The van der Waals surface area contributed by atoms with Crippen LogP contribution in [0.25, 0.3) is 0 Å². The lowest BCUT2D eigenvalue weighted by molar-refractivity contribution is -0.120. The molecule has 108 valence electrons. The Morgan fingerprint density at radius 1 is 1.15 bits per heavy atom. The van der Waals surface area contributed by atoms with E-state index in [2.05, 4.69) is 10.6 Å². The van der Waals surface area contributed by atoms with Crippen LogP contribution < -0.4 is 10.6 Å². The zero-order valence-electron chi connectivity index (χ0n) is 12.2. The van der Waals surface area contributed by atoms with Crippen LogP contribution >= 0.6 is 0 Å². The molecule has 0 saturated heterocycles. The van der Waals surface area contributed by atoms with Gasteiger partial charge >= 0.3 is 0 Å². The third-order valence-corrected chi connectivity index (χ3v) is 3.90. The molecule has 0 aromatic heterocycles. The van der Waals surface area contributed by atoms with Gasteiger partial charge in [-0.1, -0.05) is 18.9 Å². The second-order valence-electron chi connectivity index (χ2n) is 5.53. The number of rotatable bonds is 4. The summed E-state index contributed by atoms with van der Waals surface area (Å²) >= 11 is 0. The molecule has 1 fully saturated rings. The molecule has 2 amide bonds. The predicted molar refractivity (Wildman–Crippen MR) is 78.6 cm³/mol. The largest absolute Gasteiger partial charge is 0.352 e. The highest BCUT2D eigenvalue weighted by atomic mass is 16.2. The van der Waals surface area contributed by atoms with Gasteiger partial charge in [-0.15, -0.1) is 0 Å². The first kappa shape index (κ1) is 14.6. The van der Waals surface area contributed by atoms with Crippen LogP contribution in [0.2, 0.25) is 0 Å². The Morgan fingerprint density at radius 3 is 2.50 bits per heavy atom. The first-order valence-electron chi connectivity index (χ1n) is 7.21. The number of carbonyl (C=O) groups is 2. The van der Waals surface area contributed by atoms with Crippen molar-refractivity contribution < 1.29 is 9.59 Å². The number of carbonyl (C=O) groups excluding carboxylic acids is 2. The minimum absolute atomic E-state index is 0.0439. The molecule has 2 N–H and O–H groups in total. The molecule has 0 unspecified atom stereocenters. The molecular weight excluding hydrogens is 252 g/mol. The van der Waals surface area contributed by atoms with Crippen LogP contribution in [-0.2, 0) is 4.79 Å². The van der Waals surface area contributed by atoms with Crippen LogP contribution in [0.5, 0.6) is 0 Å². The lowest BCUT2D eigenvalue weighted by Crippen LogP contribution is -2.40. The molecular formula is C16H22N2O2. The third kappa shape index (κ3) is 3.83. The number of hydrogen-bond donors (Lipinski definition) is 2. The summed E-state index contributed by atoms with van der Waals surface area (Å²) < 4.78 is 0. The van der Waals surface area contributed by atoms with Crippen LogP contribution in [0.3, 0.4) is 0 Å². The maximum Gasteiger partial charge on any atom is 0.251 e. The minimum atomic E-state index is -0.199. The molecule has 1 saturated carbocycles. The van der Waals surface area contributed by atoms with Crippen molar-refractivity contribution in [3.63, 3.8) is 0 Å². The lowest BCUT2D eigenvalue weighted by atomic mass is 10.1. The molecule has 1 aromatic carbocycles. The van der Waals surface area contributed by atoms with Crippen LogP contribution in [0, 0.1) is 13.8 Å². The Hall–Kier alpha value is -1.84. The predicted octanol–water partition coefficient (Wildman–Crippen LogP) is 2.09. The maximum atomic E-state index is 12.0.